The number of hydrogen-bond donors (Lipinski definition) is 2. The van der Waals surface area contributed by atoms with Crippen molar-refractivity contribution in [2.24, 2.45) is 11.8 Å². The highest BCUT2D eigenvalue weighted by Gasteiger charge is 2.38. The topological polar surface area (TPSA) is 54.4 Å². The van der Waals surface area contributed by atoms with E-state index < -0.39 is 11.9 Å². The summed E-state index contributed by atoms with van der Waals surface area (Å²) < 4.78 is -0.345. The molecule has 0 aliphatic heterocycles. The van der Waals surface area contributed by atoms with Gasteiger partial charge in [0.25, 0.3) is 0 Å². The number of hydrogen-bond acceptors (Lipinski definition) is 3. The summed E-state index contributed by atoms with van der Waals surface area (Å²) in [6, 6.07) is 0. The number of carbonyl (C=O) groups is 2. The Kier molecular flexibility index (Phi) is 3.82. The molecule has 0 aromatic rings. The highest BCUT2D eigenvalue weighted by molar-refractivity contribution is 7.81. The minimum atomic E-state index is -0.831. The average molecular weight is 230 g/mol. The maximum Gasteiger partial charge on any atom is 0.307 e. The van der Waals surface area contributed by atoms with Crippen LogP contribution in [-0.2, 0) is 9.59 Å². The van der Waals surface area contributed by atoms with Crippen molar-refractivity contribution in [1.29, 1.82) is 0 Å². The van der Waals surface area contributed by atoms with Crippen LogP contribution >= 0.6 is 12.6 Å². The number of carbonyl (C=O) groups excluding carboxylic acids is 1. The Hall–Kier alpha value is -0.510. The lowest BCUT2D eigenvalue weighted by Gasteiger charge is -2.20. The SMILES string of the molecule is CC(C)(S)CC(=O)C1CCCC1C(=O)O. The van der Waals surface area contributed by atoms with Gasteiger partial charge in [-0.05, 0) is 12.8 Å². The van der Waals surface area contributed by atoms with Gasteiger partial charge in [0, 0.05) is 17.1 Å². The van der Waals surface area contributed by atoms with Crippen LogP contribution in [0.15, 0.2) is 0 Å². The third kappa shape index (κ3) is 3.52. The maximum absolute atomic E-state index is 11.9. The fourth-order valence-electron chi connectivity index (χ4n) is 2.20. The van der Waals surface area contributed by atoms with E-state index in [4.69, 9.17) is 5.11 Å². The summed E-state index contributed by atoms with van der Waals surface area (Å²) in [6.07, 6.45) is 2.56. The first kappa shape index (κ1) is 12.6. The van der Waals surface area contributed by atoms with Crippen molar-refractivity contribution in [1.82, 2.24) is 0 Å². The van der Waals surface area contributed by atoms with Gasteiger partial charge in [0.15, 0.2) is 0 Å². The summed E-state index contributed by atoms with van der Waals surface area (Å²) >= 11 is 4.30. The van der Waals surface area contributed by atoms with E-state index in [9.17, 15) is 9.59 Å². The van der Waals surface area contributed by atoms with Crippen molar-refractivity contribution in [3.8, 4) is 0 Å². The van der Waals surface area contributed by atoms with Crippen molar-refractivity contribution in [2.45, 2.75) is 44.3 Å². The average Bonchev–Trinajstić information content (AvgIpc) is 2.47. The molecule has 0 aromatic carbocycles. The molecule has 3 nitrogen and oxygen atoms in total. The van der Waals surface area contributed by atoms with Crippen LogP contribution in [0.4, 0.5) is 0 Å². The van der Waals surface area contributed by atoms with Crippen LogP contribution in [0.25, 0.3) is 0 Å². The Balaban J connectivity index is 2.63. The Labute approximate surface area is 95.7 Å². The van der Waals surface area contributed by atoms with Crippen LogP contribution in [0.2, 0.25) is 0 Å². The molecule has 0 spiro atoms. The molecule has 0 aromatic heterocycles. The second kappa shape index (κ2) is 4.56. The fourth-order valence-corrected chi connectivity index (χ4v) is 2.35. The third-order valence-corrected chi connectivity index (χ3v) is 3.01. The van der Waals surface area contributed by atoms with Gasteiger partial charge in [-0.2, -0.15) is 12.6 Å². The van der Waals surface area contributed by atoms with Crippen molar-refractivity contribution in [3.63, 3.8) is 0 Å². The second-order valence-corrected chi connectivity index (χ2v) is 6.15. The maximum atomic E-state index is 11.9. The number of ketones is 1. The van der Waals surface area contributed by atoms with Crippen LogP contribution in [0.1, 0.15) is 39.5 Å². The molecule has 2 atom stereocenters. The Morgan fingerprint density at radius 1 is 1.33 bits per heavy atom. The summed E-state index contributed by atoms with van der Waals surface area (Å²) in [5.41, 5.74) is 0. The Morgan fingerprint density at radius 2 is 1.87 bits per heavy atom. The van der Waals surface area contributed by atoms with Gasteiger partial charge in [-0.25, -0.2) is 0 Å². The van der Waals surface area contributed by atoms with E-state index in [0.29, 0.717) is 12.8 Å². The van der Waals surface area contributed by atoms with Gasteiger partial charge in [0.1, 0.15) is 5.78 Å². The van der Waals surface area contributed by atoms with Gasteiger partial charge in [0.05, 0.1) is 5.92 Å². The monoisotopic (exact) mass is 230 g/mol. The van der Waals surface area contributed by atoms with Crippen molar-refractivity contribution >= 4 is 24.4 Å². The standard InChI is InChI=1S/C11H18O3S/c1-11(2,15)6-9(12)7-4-3-5-8(7)10(13)14/h7-8,15H,3-6H2,1-2H3,(H,13,14). The van der Waals surface area contributed by atoms with E-state index in [-0.39, 0.29) is 16.4 Å². The number of Topliss-reactive ketones (excluding diaryl/α,β-unsaturated/α-hetero) is 1. The third-order valence-electron chi connectivity index (χ3n) is 2.85. The number of carboxylic acids is 1. The van der Waals surface area contributed by atoms with Crippen LogP contribution < -0.4 is 0 Å². The van der Waals surface area contributed by atoms with Gasteiger partial charge in [0.2, 0.25) is 0 Å². The first-order chi connectivity index (χ1) is 6.81. The van der Waals surface area contributed by atoms with Crippen molar-refractivity contribution in [3.05, 3.63) is 0 Å². The molecule has 1 N–H and O–H groups in total. The summed E-state index contributed by atoms with van der Waals surface area (Å²) in [4.78, 5) is 22.8. The lowest BCUT2D eigenvalue weighted by atomic mass is 9.88. The summed E-state index contributed by atoms with van der Waals surface area (Å²) in [5.74, 6) is -1.52. The molecule has 0 heterocycles. The van der Waals surface area contributed by atoms with Crippen LogP contribution in [-0.4, -0.2) is 21.6 Å². The van der Waals surface area contributed by atoms with E-state index in [0.717, 1.165) is 12.8 Å². The summed E-state index contributed by atoms with van der Waals surface area (Å²) in [7, 11) is 0. The van der Waals surface area contributed by atoms with E-state index in [1.807, 2.05) is 13.8 Å². The molecular formula is C11H18O3S. The van der Waals surface area contributed by atoms with E-state index in [2.05, 4.69) is 12.6 Å². The molecule has 86 valence electrons. The zero-order valence-electron chi connectivity index (χ0n) is 9.19. The zero-order chi connectivity index (χ0) is 11.6. The minimum absolute atomic E-state index is 0.0555. The predicted octanol–water partition coefficient (Wildman–Crippen LogP) is 2.15. The van der Waals surface area contributed by atoms with Gasteiger partial charge >= 0.3 is 5.97 Å². The Morgan fingerprint density at radius 3 is 2.33 bits per heavy atom. The first-order valence-electron chi connectivity index (χ1n) is 5.29. The van der Waals surface area contributed by atoms with Crippen LogP contribution in [0.3, 0.4) is 0 Å². The predicted molar refractivity (Wildman–Crippen MR) is 61.2 cm³/mol. The van der Waals surface area contributed by atoms with Gasteiger partial charge in [-0.15, -0.1) is 0 Å². The molecule has 1 aliphatic carbocycles. The Bertz CT molecular complexity index is 267. The van der Waals surface area contributed by atoms with E-state index in [1.54, 1.807) is 0 Å². The van der Waals surface area contributed by atoms with Gasteiger partial charge < -0.3 is 5.11 Å². The number of thiol groups is 1. The number of aliphatic carboxylic acids is 1. The fraction of sp³-hybridized carbons (Fsp3) is 0.818. The molecule has 1 fully saturated rings. The molecule has 0 bridgehead atoms. The molecule has 1 rings (SSSR count). The molecule has 0 radical (unpaired) electrons. The van der Waals surface area contributed by atoms with Crippen LogP contribution in [0.5, 0.6) is 0 Å². The summed E-state index contributed by atoms with van der Waals surface area (Å²) in [5, 5.41) is 8.96. The zero-order valence-corrected chi connectivity index (χ0v) is 10.1. The molecule has 1 aliphatic rings. The molecule has 2 unspecified atom stereocenters. The highest BCUT2D eigenvalue weighted by Crippen LogP contribution is 2.35. The molecule has 0 saturated heterocycles. The lowest BCUT2D eigenvalue weighted by Crippen LogP contribution is -2.29. The van der Waals surface area contributed by atoms with E-state index in [1.165, 1.54) is 0 Å². The van der Waals surface area contributed by atoms with E-state index >= 15 is 0 Å². The quantitative estimate of drug-likeness (QED) is 0.728. The normalized spacial score (nSPS) is 26.6. The summed E-state index contributed by atoms with van der Waals surface area (Å²) in [6.45, 7) is 3.75. The molecular weight excluding hydrogens is 212 g/mol. The van der Waals surface area contributed by atoms with Gasteiger partial charge in [-0.3, -0.25) is 9.59 Å². The number of rotatable bonds is 4. The first-order valence-corrected chi connectivity index (χ1v) is 5.74. The molecule has 15 heavy (non-hydrogen) atoms. The minimum Gasteiger partial charge on any atom is -0.481 e. The molecule has 4 heteroatoms. The van der Waals surface area contributed by atoms with Crippen molar-refractivity contribution in [2.75, 3.05) is 0 Å². The lowest BCUT2D eigenvalue weighted by molar-refractivity contribution is -0.145. The molecule has 1 saturated carbocycles. The van der Waals surface area contributed by atoms with Crippen molar-refractivity contribution < 1.29 is 14.7 Å². The molecule has 0 amide bonds. The highest BCUT2D eigenvalue weighted by atomic mass is 32.1. The van der Waals surface area contributed by atoms with Gasteiger partial charge in [-0.1, -0.05) is 20.3 Å². The smallest absolute Gasteiger partial charge is 0.307 e. The van der Waals surface area contributed by atoms with Crippen LogP contribution in [0, 0.1) is 11.8 Å². The number of carboxylic acid groups (broad SMARTS) is 1. The second-order valence-electron chi connectivity index (χ2n) is 4.94. The largest absolute Gasteiger partial charge is 0.481 e.